The Hall–Kier alpha value is -2.02. The predicted octanol–water partition coefficient (Wildman–Crippen LogP) is 2.56. The number of aromatic carboxylic acids is 1. The fourth-order valence-electron chi connectivity index (χ4n) is 1.44. The lowest BCUT2D eigenvalue weighted by Gasteiger charge is -2.01. The van der Waals surface area contributed by atoms with Gasteiger partial charge in [-0.15, -0.1) is 0 Å². The highest BCUT2D eigenvalue weighted by Gasteiger charge is 2.15. The van der Waals surface area contributed by atoms with E-state index in [-0.39, 0.29) is 22.0 Å². The van der Waals surface area contributed by atoms with Crippen molar-refractivity contribution in [2.45, 2.75) is 10.6 Å². The Labute approximate surface area is 109 Å². The van der Waals surface area contributed by atoms with Crippen molar-refractivity contribution in [2.75, 3.05) is 0 Å². The first-order valence-corrected chi connectivity index (χ1v) is 6.43. The van der Waals surface area contributed by atoms with E-state index in [4.69, 9.17) is 9.52 Å². The molecule has 2 rings (SSSR count). The molecular formula is C12H8F2O4S. The van der Waals surface area contributed by atoms with Crippen molar-refractivity contribution in [3.63, 3.8) is 0 Å². The maximum absolute atomic E-state index is 13.4. The Morgan fingerprint density at radius 2 is 2.05 bits per heavy atom. The van der Waals surface area contributed by atoms with Gasteiger partial charge in [-0.3, -0.25) is 4.21 Å². The molecule has 0 saturated heterocycles. The van der Waals surface area contributed by atoms with Gasteiger partial charge in [0.2, 0.25) is 0 Å². The van der Waals surface area contributed by atoms with E-state index in [1.165, 1.54) is 6.07 Å². The second-order valence-electron chi connectivity index (χ2n) is 3.67. The number of furan rings is 1. The largest absolute Gasteiger partial charge is 0.478 e. The first-order chi connectivity index (χ1) is 8.97. The minimum absolute atomic E-state index is 0.0772. The highest BCUT2D eigenvalue weighted by atomic mass is 32.2. The van der Waals surface area contributed by atoms with Gasteiger partial charge in [0.15, 0.2) is 0 Å². The smallest absolute Gasteiger partial charge is 0.338 e. The zero-order chi connectivity index (χ0) is 14.0. The highest BCUT2D eigenvalue weighted by Crippen LogP contribution is 2.18. The molecule has 100 valence electrons. The lowest BCUT2D eigenvalue weighted by Crippen LogP contribution is -1.99. The summed E-state index contributed by atoms with van der Waals surface area (Å²) in [6.07, 6.45) is 1.01. The Bertz CT molecular complexity index is 651. The third kappa shape index (κ3) is 3.05. The molecule has 2 aromatic rings. The number of benzene rings is 1. The van der Waals surface area contributed by atoms with Crippen LogP contribution in [0.2, 0.25) is 0 Å². The number of carboxylic acid groups (broad SMARTS) is 1. The van der Waals surface area contributed by atoms with Gasteiger partial charge in [0.1, 0.15) is 23.7 Å². The molecule has 0 bridgehead atoms. The summed E-state index contributed by atoms with van der Waals surface area (Å²) in [6.45, 7) is 0. The Morgan fingerprint density at radius 3 is 2.63 bits per heavy atom. The SMILES string of the molecule is O=C(O)c1coc(CS(=O)c2ccc(F)cc2F)c1. The summed E-state index contributed by atoms with van der Waals surface area (Å²) in [5.41, 5.74) is -0.0772. The normalized spacial score (nSPS) is 12.3. The zero-order valence-corrected chi connectivity index (χ0v) is 10.2. The van der Waals surface area contributed by atoms with Crippen molar-refractivity contribution < 1.29 is 27.3 Å². The number of hydrogen-bond donors (Lipinski definition) is 1. The Balaban J connectivity index is 2.18. The molecule has 1 aromatic heterocycles. The third-order valence-electron chi connectivity index (χ3n) is 2.31. The lowest BCUT2D eigenvalue weighted by atomic mass is 10.3. The Kier molecular flexibility index (Phi) is 3.75. The van der Waals surface area contributed by atoms with Crippen molar-refractivity contribution in [3.05, 3.63) is 53.5 Å². The molecule has 0 radical (unpaired) electrons. The van der Waals surface area contributed by atoms with Crippen molar-refractivity contribution in [1.82, 2.24) is 0 Å². The number of rotatable bonds is 4. The molecule has 0 saturated carbocycles. The second kappa shape index (κ2) is 5.31. The van der Waals surface area contributed by atoms with Crippen LogP contribution in [0.3, 0.4) is 0 Å². The van der Waals surface area contributed by atoms with Gasteiger partial charge in [0.25, 0.3) is 0 Å². The fraction of sp³-hybridized carbons (Fsp3) is 0.0833. The van der Waals surface area contributed by atoms with Crippen LogP contribution in [0.5, 0.6) is 0 Å². The van der Waals surface area contributed by atoms with Crippen molar-refractivity contribution >= 4 is 16.8 Å². The van der Waals surface area contributed by atoms with Crippen LogP contribution >= 0.6 is 0 Å². The maximum Gasteiger partial charge on any atom is 0.338 e. The van der Waals surface area contributed by atoms with E-state index in [0.717, 1.165) is 18.4 Å². The molecule has 1 unspecified atom stereocenters. The van der Waals surface area contributed by atoms with E-state index in [1.54, 1.807) is 0 Å². The maximum atomic E-state index is 13.4. The third-order valence-corrected chi connectivity index (χ3v) is 3.68. The standard InChI is InChI=1S/C12H8F2O4S/c13-8-1-2-11(10(14)4-8)19(17)6-9-3-7(5-18-9)12(15)16/h1-5H,6H2,(H,15,16). The first kappa shape index (κ1) is 13.4. The van der Waals surface area contributed by atoms with E-state index in [9.17, 15) is 17.8 Å². The van der Waals surface area contributed by atoms with Gasteiger partial charge in [-0.1, -0.05) is 0 Å². The van der Waals surface area contributed by atoms with E-state index in [0.29, 0.717) is 6.07 Å². The van der Waals surface area contributed by atoms with Gasteiger partial charge in [0.05, 0.1) is 27.0 Å². The summed E-state index contributed by atoms with van der Waals surface area (Å²) in [5, 5.41) is 8.69. The van der Waals surface area contributed by atoms with Crippen molar-refractivity contribution in [3.8, 4) is 0 Å². The second-order valence-corrected chi connectivity index (χ2v) is 5.09. The first-order valence-electron chi connectivity index (χ1n) is 5.11. The van der Waals surface area contributed by atoms with E-state index in [2.05, 4.69) is 0 Å². The minimum atomic E-state index is -1.78. The molecule has 0 fully saturated rings. The highest BCUT2D eigenvalue weighted by molar-refractivity contribution is 7.84. The van der Waals surface area contributed by atoms with Gasteiger partial charge >= 0.3 is 5.97 Å². The molecule has 19 heavy (non-hydrogen) atoms. The predicted molar refractivity (Wildman–Crippen MR) is 62.1 cm³/mol. The van der Waals surface area contributed by atoms with Crippen molar-refractivity contribution in [1.29, 1.82) is 0 Å². The van der Waals surface area contributed by atoms with Crippen LogP contribution in [0.25, 0.3) is 0 Å². The minimum Gasteiger partial charge on any atom is -0.478 e. The Morgan fingerprint density at radius 1 is 1.32 bits per heavy atom. The summed E-state index contributed by atoms with van der Waals surface area (Å²) in [7, 11) is -1.78. The van der Waals surface area contributed by atoms with Gasteiger partial charge in [-0.25, -0.2) is 13.6 Å². The molecule has 0 aliphatic rings. The quantitative estimate of drug-likeness (QED) is 0.938. The van der Waals surface area contributed by atoms with E-state index >= 15 is 0 Å². The summed E-state index contributed by atoms with van der Waals surface area (Å²) >= 11 is 0. The van der Waals surface area contributed by atoms with E-state index in [1.807, 2.05) is 0 Å². The van der Waals surface area contributed by atoms with Gasteiger partial charge in [-0.2, -0.15) is 0 Å². The fourth-order valence-corrected chi connectivity index (χ4v) is 2.50. The van der Waals surface area contributed by atoms with E-state index < -0.39 is 28.4 Å². The molecule has 1 atom stereocenters. The average Bonchev–Trinajstić information content (AvgIpc) is 2.77. The number of carbonyl (C=O) groups is 1. The molecule has 0 aliphatic heterocycles. The van der Waals surface area contributed by atoms with Crippen LogP contribution < -0.4 is 0 Å². The number of hydrogen-bond acceptors (Lipinski definition) is 3. The molecule has 1 aromatic carbocycles. The number of carboxylic acids is 1. The average molecular weight is 286 g/mol. The van der Waals surface area contributed by atoms with Crippen LogP contribution in [-0.4, -0.2) is 15.3 Å². The monoisotopic (exact) mass is 286 g/mol. The van der Waals surface area contributed by atoms with Crippen LogP contribution in [0.4, 0.5) is 8.78 Å². The van der Waals surface area contributed by atoms with Gasteiger partial charge < -0.3 is 9.52 Å². The van der Waals surface area contributed by atoms with Gasteiger partial charge in [-0.05, 0) is 18.2 Å². The van der Waals surface area contributed by atoms with Crippen LogP contribution in [-0.2, 0) is 16.6 Å². The zero-order valence-electron chi connectivity index (χ0n) is 9.43. The summed E-state index contributed by atoms with van der Waals surface area (Å²) in [6, 6.07) is 3.93. The summed E-state index contributed by atoms with van der Waals surface area (Å²) in [4.78, 5) is 10.5. The van der Waals surface area contributed by atoms with Crippen LogP contribution in [0, 0.1) is 11.6 Å². The number of halogens is 2. The molecule has 0 amide bonds. The molecule has 7 heteroatoms. The van der Waals surface area contributed by atoms with Crippen molar-refractivity contribution in [2.24, 2.45) is 0 Å². The molecule has 0 aliphatic carbocycles. The van der Waals surface area contributed by atoms with Crippen LogP contribution in [0.1, 0.15) is 16.1 Å². The molecular weight excluding hydrogens is 278 g/mol. The summed E-state index contributed by atoms with van der Waals surface area (Å²) < 4.78 is 42.9. The summed E-state index contributed by atoms with van der Waals surface area (Å²) in [5.74, 6) is -2.88. The molecule has 1 N–H and O–H groups in total. The van der Waals surface area contributed by atoms with Gasteiger partial charge in [0, 0.05) is 6.07 Å². The topological polar surface area (TPSA) is 67.5 Å². The lowest BCUT2D eigenvalue weighted by molar-refractivity contribution is 0.0696. The van der Waals surface area contributed by atoms with Crippen LogP contribution in [0.15, 0.2) is 39.8 Å². The molecule has 0 spiro atoms. The molecule has 1 heterocycles. The molecule has 4 nitrogen and oxygen atoms in total.